The van der Waals surface area contributed by atoms with Crippen molar-refractivity contribution in [3.05, 3.63) is 0 Å². The minimum Gasteiger partial charge on any atom is -0.198 e. The molecule has 0 saturated heterocycles. The molecule has 1 heteroatoms. The van der Waals surface area contributed by atoms with Crippen LogP contribution in [0.3, 0.4) is 0 Å². The van der Waals surface area contributed by atoms with Crippen LogP contribution in [0.2, 0.25) is 0 Å². The Morgan fingerprint density at radius 1 is 1.00 bits per heavy atom. The molecule has 0 rings (SSSR count). The molecular weight excluding hydrogens is 110 g/mol. The fraction of sp³-hybridized carbons (Fsp3) is 0.875. The van der Waals surface area contributed by atoms with Gasteiger partial charge in [0, 0.05) is 0 Å². The zero-order valence-corrected chi connectivity index (χ0v) is 6.68. The van der Waals surface area contributed by atoms with Gasteiger partial charge in [-0.1, -0.05) is 27.7 Å². The van der Waals surface area contributed by atoms with Crippen LogP contribution in [0, 0.1) is 29.1 Å². The van der Waals surface area contributed by atoms with Gasteiger partial charge in [-0.15, -0.1) is 0 Å². The van der Waals surface area contributed by atoms with Crippen LogP contribution in [0.25, 0.3) is 0 Å². The van der Waals surface area contributed by atoms with E-state index in [-0.39, 0.29) is 5.92 Å². The molecule has 0 aromatic carbocycles. The second-order valence-corrected chi connectivity index (χ2v) is 3.14. The lowest BCUT2D eigenvalue weighted by molar-refractivity contribution is 0.365. The van der Waals surface area contributed by atoms with Crippen molar-refractivity contribution in [2.24, 2.45) is 17.8 Å². The van der Waals surface area contributed by atoms with Crippen molar-refractivity contribution in [2.45, 2.75) is 27.7 Å². The van der Waals surface area contributed by atoms with E-state index in [0.29, 0.717) is 11.8 Å². The fourth-order valence-electron chi connectivity index (χ4n) is 1.07. The van der Waals surface area contributed by atoms with Gasteiger partial charge in [-0.2, -0.15) is 5.26 Å². The predicted octanol–water partition coefficient (Wildman–Crippen LogP) is 2.44. The molecule has 52 valence electrons. The first kappa shape index (κ1) is 8.49. The van der Waals surface area contributed by atoms with Crippen molar-refractivity contribution in [3.8, 4) is 6.07 Å². The summed E-state index contributed by atoms with van der Waals surface area (Å²) in [4.78, 5) is 0. The van der Waals surface area contributed by atoms with Gasteiger partial charge in [0.05, 0.1) is 12.0 Å². The van der Waals surface area contributed by atoms with E-state index in [2.05, 4.69) is 33.8 Å². The van der Waals surface area contributed by atoms with Crippen molar-refractivity contribution >= 4 is 0 Å². The van der Waals surface area contributed by atoms with E-state index in [9.17, 15) is 0 Å². The summed E-state index contributed by atoms with van der Waals surface area (Å²) in [5.74, 6) is 1.22. The minimum absolute atomic E-state index is 0.227. The van der Waals surface area contributed by atoms with Crippen LogP contribution in [-0.4, -0.2) is 0 Å². The van der Waals surface area contributed by atoms with Crippen LogP contribution in [0.4, 0.5) is 0 Å². The largest absolute Gasteiger partial charge is 0.198 e. The molecule has 0 aliphatic rings. The summed E-state index contributed by atoms with van der Waals surface area (Å²) in [6.45, 7) is 8.36. The maximum Gasteiger partial charge on any atom is 0.0661 e. The van der Waals surface area contributed by atoms with E-state index in [1.165, 1.54) is 0 Å². The summed E-state index contributed by atoms with van der Waals surface area (Å²) >= 11 is 0. The van der Waals surface area contributed by atoms with E-state index >= 15 is 0 Å². The summed E-state index contributed by atoms with van der Waals surface area (Å²) in [6, 6.07) is 2.30. The Kier molecular flexibility index (Phi) is 3.30. The highest BCUT2D eigenvalue weighted by atomic mass is 14.3. The highest BCUT2D eigenvalue weighted by Crippen LogP contribution is 2.18. The summed E-state index contributed by atoms with van der Waals surface area (Å²) in [5, 5.41) is 8.62. The zero-order chi connectivity index (χ0) is 7.44. The molecule has 0 bridgehead atoms. The summed E-state index contributed by atoms with van der Waals surface area (Å²) in [6.07, 6.45) is 0. The molecule has 0 aromatic rings. The van der Waals surface area contributed by atoms with E-state index < -0.39 is 0 Å². The molecule has 0 heterocycles. The second-order valence-electron chi connectivity index (χ2n) is 3.14. The van der Waals surface area contributed by atoms with Crippen molar-refractivity contribution < 1.29 is 0 Å². The second kappa shape index (κ2) is 3.50. The number of nitrogens with zero attached hydrogens (tertiary/aromatic N) is 1. The molecule has 0 radical (unpaired) electrons. The molecular formula is C8H15N. The number of hydrogen-bond acceptors (Lipinski definition) is 1. The van der Waals surface area contributed by atoms with Crippen molar-refractivity contribution in [1.29, 1.82) is 5.26 Å². The van der Waals surface area contributed by atoms with Gasteiger partial charge in [-0.3, -0.25) is 0 Å². The summed E-state index contributed by atoms with van der Waals surface area (Å²) < 4.78 is 0. The Balaban J connectivity index is 3.87. The van der Waals surface area contributed by atoms with Crippen LogP contribution in [-0.2, 0) is 0 Å². The van der Waals surface area contributed by atoms with Gasteiger partial charge < -0.3 is 0 Å². The third-order valence-corrected chi connectivity index (χ3v) is 1.59. The molecule has 0 aromatic heterocycles. The Morgan fingerprint density at radius 2 is 1.33 bits per heavy atom. The monoisotopic (exact) mass is 125 g/mol. The molecule has 0 N–H and O–H groups in total. The summed E-state index contributed by atoms with van der Waals surface area (Å²) in [5.41, 5.74) is 0. The molecule has 0 unspecified atom stereocenters. The zero-order valence-electron chi connectivity index (χ0n) is 6.68. The molecule has 0 amide bonds. The quantitative estimate of drug-likeness (QED) is 0.556. The van der Waals surface area contributed by atoms with Gasteiger partial charge in [-0.25, -0.2) is 0 Å². The molecule has 0 aliphatic carbocycles. The minimum atomic E-state index is 0.227. The van der Waals surface area contributed by atoms with Gasteiger partial charge in [0.15, 0.2) is 0 Å². The maximum atomic E-state index is 8.62. The Labute approximate surface area is 57.7 Å². The Bertz CT molecular complexity index is 100. The molecule has 1 nitrogen and oxygen atoms in total. The highest BCUT2D eigenvalue weighted by Gasteiger charge is 2.15. The molecule has 0 aliphatic heterocycles. The first-order chi connectivity index (χ1) is 4.09. The summed E-state index contributed by atoms with van der Waals surface area (Å²) in [7, 11) is 0. The van der Waals surface area contributed by atoms with Gasteiger partial charge in [0.2, 0.25) is 0 Å². The number of rotatable bonds is 2. The van der Waals surface area contributed by atoms with Crippen LogP contribution < -0.4 is 0 Å². The first-order valence-electron chi connectivity index (χ1n) is 3.49. The van der Waals surface area contributed by atoms with Gasteiger partial charge in [-0.05, 0) is 11.8 Å². The molecule has 0 saturated carbocycles. The molecule has 0 atom stereocenters. The molecule has 0 fully saturated rings. The predicted molar refractivity (Wildman–Crippen MR) is 38.8 cm³/mol. The van der Waals surface area contributed by atoms with Crippen molar-refractivity contribution in [2.75, 3.05) is 0 Å². The van der Waals surface area contributed by atoms with E-state index in [1.54, 1.807) is 0 Å². The van der Waals surface area contributed by atoms with E-state index in [4.69, 9.17) is 5.26 Å². The SMILES string of the molecule is CC(C)C(C#N)C(C)C. The van der Waals surface area contributed by atoms with E-state index in [0.717, 1.165) is 0 Å². The maximum absolute atomic E-state index is 8.62. The standard InChI is InChI=1S/C8H15N/c1-6(2)8(5-9)7(3)4/h6-8H,1-4H3. The normalized spacial score (nSPS) is 10.9. The lowest BCUT2D eigenvalue weighted by Gasteiger charge is -2.15. The van der Waals surface area contributed by atoms with Crippen LogP contribution in [0.15, 0.2) is 0 Å². The van der Waals surface area contributed by atoms with Gasteiger partial charge in [0.1, 0.15) is 0 Å². The molecule has 9 heavy (non-hydrogen) atoms. The molecule has 0 spiro atoms. The topological polar surface area (TPSA) is 23.8 Å². The van der Waals surface area contributed by atoms with E-state index in [1.807, 2.05) is 0 Å². The van der Waals surface area contributed by atoms with Gasteiger partial charge in [0.25, 0.3) is 0 Å². The first-order valence-corrected chi connectivity index (χ1v) is 3.49. The third kappa shape index (κ3) is 2.51. The Hall–Kier alpha value is -0.510. The van der Waals surface area contributed by atoms with Crippen LogP contribution in [0.1, 0.15) is 27.7 Å². The Morgan fingerprint density at radius 3 is 1.33 bits per heavy atom. The van der Waals surface area contributed by atoms with Crippen LogP contribution in [0.5, 0.6) is 0 Å². The highest BCUT2D eigenvalue weighted by molar-refractivity contribution is 4.86. The number of nitriles is 1. The van der Waals surface area contributed by atoms with Crippen molar-refractivity contribution in [1.82, 2.24) is 0 Å². The lowest BCUT2D eigenvalue weighted by atomic mass is 9.87. The average Bonchev–Trinajstić information content (AvgIpc) is 1.64. The number of hydrogen-bond donors (Lipinski definition) is 0. The lowest BCUT2D eigenvalue weighted by Crippen LogP contribution is -2.12. The fourth-order valence-corrected chi connectivity index (χ4v) is 1.07. The smallest absolute Gasteiger partial charge is 0.0661 e. The van der Waals surface area contributed by atoms with Crippen LogP contribution >= 0.6 is 0 Å². The average molecular weight is 125 g/mol. The van der Waals surface area contributed by atoms with Gasteiger partial charge >= 0.3 is 0 Å². The third-order valence-electron chi connectivity index (χ3n) is 1.59. The van der Waals surface area contributed by atoms with Crippen molar-refractivity contribution in [3.63, 3.8) is 0 Å².